The van der Waals surface area contributed by atoms with Crippen molar-refractivity contribution >= 4 is 39.7 Å². The zero-order valence-corrected chi connectivity index (χ0v) is 12.6. The summed E-state index contributed by atoms with van der Waals surface area (Å²) in [5.74, 6) is 1.55. The molecule has 102 valence electrons. The van der Waals surface area contributed by atoms with E-state index in [0.717, 1.165) is 34.6 Å². The summed E-state index contributed by atoms with van der Waals surface area (Å²) in [5, 5.41) is 7.06. The molecular formula is C15H14ClN3S. The SMILES string of the molecule is CCCNc1nc(-c2sccc2Cl)nc2ccccc12. The van der Waals surface area contributed by atoms with E-state index in [-0.39, 0.29) is 0 Å². The molecule has 0 unspecified atom stereocenters. The quantitative estimate of drug-likeness (QED) is 0.750. The number of benzene rings is 1. The molecule has 2 aromatic heterocycles. The second-order valence-corrected chi connectivity index (χ2v) is 5.76. The van der Waals surface area contributed by atoms with Crippen LogP contribution in [-0.4, -0.2) is 16.5 Å². The van der Waals surface area contributed by atoms with Crippen molar-refractivity contribution in [2.75, 3.05) is 11.9 Å². The van der Waals surface area contributed by atoms with E-state index in [1.807, 2.05) is 35.7 Å². The van der Waals surface area contributed by atoms with Crippen LogP contribution in [0, 0.1) is 0 Å². The molecule has 3 aromatic rings. The third kappa shape index (κ3) is 2.49. The molecule has 0 saturated heterocycles. The first-order chi connectivity index (χ1) is 9.79. The summed E-state index contributed by atoms with van der Waals surface area (Å²) in [7, 11) is 0. The van der Waals surface area contributed by atoms with Crippen molar-refractivity contribution in [2.24, 2.45) is 0 Å². The first-order valence-electron chi connectivity index (χ1n) is 6.53. The number of nitrogens with zero attached hydrogens (tertiary/aromatic N) is 2. The van der Waals surface area contributed by atoms with Crippen LogP contribution in [0.4, 0.5) is 5.82 Å². The number of aromatic nitrogens is 2. The Morgan fingerprint density at radius 1 is 1.20 bits per heavy atom. The van der Waals surface area contributed by atoms with Crippen molar-refractivity contribution in [3.05, 3.63) is 40.7 Å². The molecule has 1 aromatic carbocycles. The molecule has 1 N–H and O–H groups in total. The molecule has 5 heteroatoms. The van der Waals surface area contributed by atoms with E-state index < -0.39 is 0 Å². The zero-order chi connectivity index (χ0) is 13.9. The lowest BCUT2D eigenvalue weighted by Gasteiger charge is -2.09. The fourth-order valence-corrected chi connectivity index (χ4v) is 3.08. The van der Waals surface area contributed by atoms with Crippen LogP contribution >= 0.6 is 22.9 Å². The first kappa shape index (κ1) is 13.3. The Morgan fingerprint density at radius 2 is 2.05 bits per heavy atom. The second-order valence-electron chi connectivity index (χ2n) is 4.44. The molecule has 0 radical (unpaired) electrons. The van der Waals surface area contributed by atoms with Gasteiger partial charge < -0.3 is 5.32 Å². The average Bonchev–Trinajstić information content (AvgIpc) is 2.90. The maximum atomic E-state index is 6.19. The number of thiophene rings is 1. The highest BCUT2D eigenvalue weighted by Crippen LogP contribution is 2.33. The lowest BCUT2D eigenvalue weighted by atomic mass is 10.2. The van der Waals surface area contributed by atoms with E-state index in [4.69, 9.17) is 11.6 Å². The van der Waals surface area contributed by atoms with E-state index in [9.17, 15) is 0 Å². The molecule has 0 aliphatic rings. The van der Waals surface area contributed by atoms with Gasteiger partial charge in [-0.05, 0) is 30.0 Å². The summed E-state index contributed by atoms with van der Waals surface area (Å²) < 4.78 is 0. The third-order valence-electron chi connectivity index (χ3n) is 2.97. The van der Waals surface area contributed by atoms with Crippen LogP contribution < -0.4 is 5.32 Å². The van der Waals surface area contributed by atoms with Crippen LogP contribution in [0.1, 0.15) is 13.3 Å². The number of halogens is 1. The summed E-state index contributed by atoms with van der Waals surface area (Å²) in [4.78, 5) is 10.2. The van der Waals surface area contributed by atoms with E-state index in [1.165, 1.54) is 0 Å². The Bertz CT molecular complexity index is 739. The first-order valence-corrected chi connectivity index (χ1v) is 7.79. The van der Waals surface area contributed by atoms with E-state index >= 15 is 0 Å². The topological polar surface area (TPSA) is 37.8 Å². The van der Waals surface area contributed by atoms with Gasteiger partial charge in [-0.2, -0.15) is 0 Å². The second kappa shape index (κ2) is 5.77. The molecule has 0 aliphatic carbocycles. The maximum Gasteiger partial charge on any atom is 0.173 e. The molecule has 0 aliphatic heterocycles. The van der Waals surface area contributed by atoms with Gasteiger partial charge >= 0.3 is 0 Å². The van der Waals surface area contributed by atoms with Gasteiger partial charge in [-0.1, -0.05) is 30.7 Å². The summed E-state index contributed by atoms with van der Waals surface area (Å²) in [6.45, 7) is 3.02. The summed E-state index contributed by atoms with van der Waals surface area (Å²) in [6.07, 6.45) is 1.05. The average molecular weight is 304 g/mol. The molecule has 2 heterocycles. The van der Waals surface area contributed by atoms with Crippen molar-refractivity contribution in [1.29, 1.82) is 0 Å². The molecule has 0 amide bonds. The highest BCUT2D eigenvalue weighted by atomic mass is 35.5. The van der Waals surface area contributed by atoms with E-state index in [0.29, 0.717) is 10.8 Å². The minimum absolute atomic E-state index is 0.683. The Balaban J connectivity index is 2.17. The molecular weight excluding hydrogens is 290 g/mol. The minimum atomic E-state index is 0.683. The normalized spacial score (nSPS) is 10.9. The van der Waals surface area contributed by atoms with Gasteiger partial charge in [0.15, 0.2) is 5.82 Å². The van der Waals surface area contributed by atoms with Crippen LogP contribution in [0.3, 0.4) is 0 Å². The number of hydrogen-bond acceptors (Lipinski definition) is 4. The highest BCUT2D eigenvalue weighted by Gasteiger charge is 2.12. The number of rotatable bonds is 4. The molecule has 0 fully saturated rings. The van der Waals surface area contributed by atoms with Crippen LogP contribution in [0.25, 0.3) is 21.6 Å². The molecule has 0 saturated carbocycles. The fraction of sp³-hybridized carbons (Fsp3) is 0.200. The number of anilines is 1. The fourth-order valence-electron chi connectivity index (χ4n) is 2.01. The van der Waals surface area contributed by atoms with Gasteiger partial charge in [-0.15, -0.1) is 11.3 Å². The third-order valence-corrected chi connectivity index (χ3v) is 4.30. The van der Waals surface area contributed by atoms with Crippen molar-refractivity contribution in [3.8, 4) is 10.7 Å². The van der Waals surface area contributed by atoms with Crippen LogP contribution in [-0.2, 0) is 0 Å². The Labute approximate surface area is 126 Å². The largest absolute Gasteiger partial charge is 0.369 e. The number of fused-ring (bicyclic) bond motifs is 1. The maximum absolute atomic E-state index is 6.19. The lowest BCUT2D eigenvalue weighted by Crippen LogP contribution is -2.04. The molecule has 20 heavy (non-hydrogen) atoms. The Morgan fingerprint density at radius 3 is 2.80 bits per heavy atom. The van der Waals surface area contributed by atoms with Crippen LogP contribution in [0.2, 0.25) is 5.02 Å². The minimum Gasteiger partial charge on any atom is -0.369 e. The standard InChI is InChI=1S/C15H14ClN3S/c1-2-8-17-14-10-5-3-4-6-12(10)18-15(19-14)13-11(16)7-9-20-13/h3-7,9H,2,8H2,1H3,(H,17,18,19). The van der Waals surface area contributed by atoms with Crippen molar-refractivity contribution in [1.82, 2.24) is 9.97 Å². The zero-order valence-electron chi connectivity index (χ0n) is 11.1. The number of para-hydroxylation sites is 1. The molecule has 0 bridgehead atoms. The van der Waals surface area contributed by atoms with Gasteiger partial charge in [0.05, 0.1) is 15.4 Å². The van der Waals surface area contributed by atoms with Crippen LogP contribution in [0.5, 0.6) is 0 Å². The number of nitrogens with one attached hydrogen (secondary N) is 1. The molecule has 3 nitrogen and oxygen atoms in total. The molecule has 3 rings (SSSR count). The molecule has 0 spiro atoms. The van der Waals surface area contributed by atoms with Gasteiger partial charge in [-0.3, -0.25) is 0 Å². The summed E-state index contributed by atoms with van der Waals surface area (Å²) in [5.41, 5.74) is 0.931. The van der Waals surface area contributed by atoms with Crippen molar-refractivity contribution < 1.29 is 0 Å². The van der Waals surface area contributed by atoms with Gasteiger partial charge in [0, 0.05) is 11.9 Å². The van der Waals surface area contributed by atoms with Gasteiger partial charge in [0.2, 0.25) is 0 Å². The Hall–Kier alpha value is -1.65. The van der Waals surface area contributed by atoms with Gasteiger partial charge in [0.1, 0.15) is 5.82 Å². The van der Waals surface area contributed by atoms with Gasteiger partial charge in [-0.25, -0.2) is 9.97 Å². The van der Waals surface area contributed by atoms with Crippen molar-refractivity contribution in [2.45, 2.75) is 13.3 Å². The van der Waals surface area contributed by atoms with E-state index in [1.54, 1.807) is 11.3 Å². The Kier molecular flexibility index (Phi) is 3.85. The smallest absolute Gasteiger partial charge is 0.173 e. The summed E-state index contributed by atoms with van der Waals surface area (Å²) >= 11 is 7.75. The number of hydrogen-bond donors (Lipinski definition) is 1. The molecule has 0 atom stereocenters. The predicted molar refractivity (Wildman–Crippen MR) is 86.6 cm³/mol. The van der Waals surface area contributed by atoms with Crippen LogP contribution in [0.15, 0.2) is 35.7 Å². The van der Waals surface area contributed by atoms with Gasteiger partial charge in [0.25, 0.3) is 0 Å². The van der Waals surface area contributed by atoms with E-state index in [2.05, 4.69) is 22.2 Å². The monoisotopic (exact) mass is 303 g/mol. The van der Waals surface area contributed by atoms with Crippen molar-refractivity contribution in [3.63, 3.8) is 0 Å². The lowest BCUT2D eigenvalue weighted by molar-refractivity contribution is 0.970. The highest BCUT2D eigenvalue weighted by molar-refractivity contribution is 7.14. The summed E-state index contributed by atoms with van der Waals surface area (Å²) in [6, 6.07) is 9.89. The predicted octanol–water partition coefficient (Wildman–Crippen LogP) is 4.83.